The fourth-order valence-corrected chi connectivity index (χ4v) is 3.45. The maximum Gasteiger partial charge on any atom is 0.190 e. The summed E-state index contributed by atoms with van der Waals surface area (Å²) in [7, 11) is 1.82. The fraction of sp³-hybridized carbons (Fsp3) is 0.684. The van der Waals surface area contributed by atoms with Crippen LogP contribution in [0.2, 0.25) is 5.15 Å². The number of halogens is 1. The second-order valence-electron chi connectivity index (χ2n) is 7.28. The zero-order valence-corrected chi connectivity index (χ0v) is 16.5. The van der Waals surface area contributed by atoms with E-state index >= 15 is 0 Å². The van der Waals surface area contributed by atoms with Crippen molar-refractivity contribution >= 4 is 17.6 Å². The van der Waals surface area contributed by atoms with Crippen molar-refractivity contribution in [1.82, 2.24) is 20.5 Å². The second-order valence-corrected chi connectivity index (χ2v) is 7.67. The SMILES string of the molecule is CN=C(NCCc1ccc(Cl)nc1)NCC1CCCN(CC(C)C)C1. The maximum absolute atomic E-state index is 5.81. The van der Waals surface area contributed by atoms with Crippen molar-refractivity contribution in [3.8, 4) is 0 Å². The summed E-state index contributed by atoms with van der Waals surface area (Å²) in [6.45, 7) is 10.0. The highest BCUT2D eigenvalue weighted by Crippen LogP contribution is 2.16. The minimum Gasteiger partial charge on any atom is -0.356 e. The van der Waals surface area contributed by atoms with Crippen LogP contribution < -0.4 is 10.6 Å². The molecule has 0 bridgehead atoms. The number of rotatable bonds is 7. The van der Waals surface area contributed by atoms with Gasteiger partial charge in [0.1, 0.15) is 5.15 Å². The number of piperidine rings is 1. The van der Waals surface area contributed by atoms with Gasteiger partial charge in [-0.1, -0.05) is 31.5 Å². The molecule has 0 aromatic carbocycles. The Kier molecular flexibility index (Phi) is 8.49. The van der Waals surface area contributed by atoms with Crippen molar-refractivity contribution in [1.29, 1.82) is 0 Å². The zero-order valence-electron chi connectivity index (χ0n) is 15.8. The molecule has 1 aromatic rings. The van der Waals surface area contributed by atoms with E-state index in [1.54, 1.807) is 0 Å². The number of likely N-dealkylation sites (tertiary alicyclic amines) is 1. The van der Waals surface area contributed by atoms with Crippen LogP contribution in [0, 0.1) is 11.8 Å². The molecule has 1 unspecified atom stereocenters. The summed E-state index contributed by atoms with van der Waals surface area (Å²) in [6, 6.07) is 3.84. The van der Waals surface area contributed by atoms with E-state index in [-0.39, 0.29) is 0 Å². The molecular weight excluding hydrogens is 334 g/mol. The van der Waals surface area contributed by atoms with Crippen molar-refractivity contribution in [2.24, 2.45) is 16.8 Å². The number of hydrogen-bond donors (Lipinski definition) is 2. The van der Waals surface area contributed by atoms with Gasteiger partial charge in [-0.25, -0.2) is 4.98 Å². The van der Waals surface area contributed by atoms with E-state index in [1.165, 1.54) is 38.0 Å². The van der Waals surface area contributed by atoms with Gasteiger partial charge in [0.15, 0.2) is 5.96 Å². The van der Waals surface area contributed by atoms with Crippen LogP contribution in [0.4, 0.5) is 0 Å². The molecule has 1 fully saturated rings. The van der Waals surface area contributed by atoms with E-state index in [2.05, 4.69) is 39.4 Å². The number of pyridine rings is 1. The van der Waals surface area contributed by atoms with Crippen LogP contribution in [0.5, 0.6) is 0 Å². The Morgan fingerprint density at radius 3 is 2.92 bits per heavy atom. The Morgan fingerprint density at radius 2 is 2.24 bits per heavy atom. The zero-order chi connectivity index (χ0) is 18.1. The standard InChI is InChI=1S/C19H32ClN5/c1-15(2)13-25-10-4-5-17(14-25)12-24-19(21-3)22-9-8-16-6-7-18(20)23-11-16/h6-7,11,15,17H,4-5,8-10,12-14H2,1-3H3,(H2,21,22,24). The van der Waals surface area contributed by atoms with E-state index in [9.17, 15) is 0 Å². The first-order chi connectivity index (χ1) is 12.1. The summed E-state index contributed by atoms with van der Waals surface area (Å²) in [4.78, 5) is 11.0. The largest absolute Gasteiger partial charge is 0.356 e. The molecule has 0 spiro atoms. The molecule has 140 valence electrons. The van der Waals surface area contributed by atoms with E-state index in [0.29, 0.717) is 11.1 Å². The highest BCUT2D eigenvalue weighted by atomic mass is 35.5. The molecule has 1 atom stereocenters. The van der Waals surface area contributed by atoms with Crippen LogP contribution >= 0.6 is 11.6 Å². The van der Waals surface area contributed by atoms with Crippen molar-refractivity contribution in [3.63, 3.8) is 0 Å². The fourth-order valence-electron chi connectivity index (χ4n) is 3.34. The normalized spacial score (nSPS) is 19.2. The molecule has 0 radical (unpaired) electrons. The average molecular weight is 366 g/mol. The molecule has 1 saturated heterocycles. The molecule has 5 nitrogen and oxygen atoms in total. The summed E-state index contributed by atoms with van der Waals surface area (Å²) in [6.07, 6.45) is 5.33. The molecule has 1 aliphatic heterocycles. The Hall–Kier alpha value is -1.33. The van der Waals surface area contributed by atoms with Crippen molar-refractivity contribution < 1.29 is 0 Å². The molecule has 2 heterocycles. The highest BCUT2D eigenvalue weighted by Gasteiger charge is 2.20. The van der Waals surface area contributed by atoms with Gasteiger partial charge in [-0.3, -0.25) is 4.99 Å². The van der Waals surface area contributed by atoms with E-state index in [0.717, 1.165) is 31.4 Å². The summed E-state index contributed by atoms with van der Waals surface area (Å²) in [5.74, 6) is 2.32. The van der Waals surface area contributed by atoms with Gasteiger partial charge in [-0.05, 0) is 49.3 Å². The number of aliphatic imine (C=N–C) groups is 1. The van der Waals surface area contributed by atoms with Gasteiger partial charge in [-0.15, -0.1) is 0 Å². The number of guanidine groups is 1. The first-order valence-electron chi connectivity index (χ1n) is 9.34. The highest BCUT2D eigenvalue weighted by molar-refractivity contribution is 6.29. The first-order valence-corrected chi connectivity index (χ1v) is 9.72. The average Bonchev–Trinajstić information content (AvgIpc) is 2.59. The third-order valence-electron chi connectivity index (χ3n) is 4.50. The Bertz CT molecular complexity index is 529. The lowest BCUT2D eigenvalue weighted by atomic mass is 9.97. The summed E-state index contributed by atoms with van der Waals surface area (Å²) in [5.41, 5.74) is 1.17. The number of nitrogens with zero attached hydrogens (tertiary/aromatic N) is 3. The molecule has 2 N–H and O–H groups in total. The third-order valence-corrected chi connectivity index (χ3v) is 4.73. The predicted molar refractivity (Wildman–Crippen MR) is 106 cm³/mol. The lowest BCUT2D eigenvalue weighted by molar-refractivity contribution is 0.159. The molecule has 2 rings (SSSR count). The third kappa shape index (κ3) is 7.61. The lowest BCUT2D eigenvalue weighted by Crippen LogP contribution is -2.45. The molecule has 0 amide bonds. The van der Waals surface area contributed by atoms with Crippen molar-refractivity contribution in [3.05, 3.63) is 29.0 Å². The number of hydrogen-bond acceptors (Lipinski definition) is 3. The van der Waals surface area contributed by atoms with Crippen LogP contribution in [0.3, 0.4) is 0 Å². The second kappa shape index (κ2) is 10.6. The van der Waals surface area contributed by atoms with Crippen molar-refractivity contribution in [2.45, 2.75) is 33.1 Å². The van der Waals surface area contributed by atoms with Crippen LogP contribution in [0.25, 0.3) is 0 Å². The maximum atomic E-state index is 5.81. The molecule has 0 aliphatic carbocycles. The molecule has 0 saturated carbocycles. The Balaban J connectivity index is 1.68. The monoisotopic (exact) mass is 365 g/mol. The lowest BCUT2D eigenvalue weighted by Gasteiger charge is -2.34. The molecular formula is C19H32ClN5. The predicted octanol–water partition coefficient (Wildman–Crippen LogP) is 2.81. The number of nitrogens with one attached hydrogen (secondary N) is 2. The Morgan fingerprint density at radius 1 is 1.40 bits per heavy atom. The van der Waals surface area contributed by atoms with Gasteiger partial charge in [-0.2, -0.15) is 0 Å². The first kappa shape index (κ1) is 20.0. The smallest absolute Gasteiger partial charge is 0.190 e. The summed E-state index contributed by atoms with van der Waals surface area (Å²) < 4.78 is 0. The topological polar surface area (TPSA) is 52.6 Å². The van der Waals surface area contributed by atoms with Gasteiger partial charge in [0.25, 0.3) is 0 Å². The molecule has 1 aliphatic rings. The summed E-state index contributed by atoms with van der Waals surface area (Å²) >= 11 is 5.81. The van der Waals surface area contributed by atoms with Crippen LogP contribution in [-0.2, 0) is 6.42 Å². The minimum absolute atomic E-state index is 0.535. The van der Waals surface area contributed by atoms with Crippen LogP contribution in [-0.4, -0.2) is 55.6 Å². The molecule has 1 aromatic heterocycles. The van der Waals surface area contributed by atoms with E-state index in [4.69, 9.17) is 11.6 Å². The van der Waals surface area contributed by atoms with Crippen LogP contribution in [0.1, 0.15) is 32.3 Å². The van der Waals surface area contributed by atoms with E-state index in [1.807, 2.05) is 25.4 Å². The number of aromatic nitrogens is 1. The van der Waals surface area contributed by atoms with Gasteiger partial charge in [0.2, 0.25) is 0 Å². The van der Waals surface area contributed by atoms with Gasteiger partial charge in [0.05, 0.1) is 0 Å². The van der Waals surface area contributed by atoms with E-state index < -0.39 is 0 Å². The van der Waals surface area contributed by atoms with Crippen LogP contribution in [0.15, 0.2) is 23.3 Å². The quantitative estimate of drug-likeness (QED) is 0.443. The van der Waals surface area contributed by atoms with Gasteiger partial charge in [0, 0.05) is 39.4 Å². The molecule has 25 heavy (non-hydrogen) atoms. The van der Waals surface area contributed by atoms with Gasteiger partial charge >= 0.3 is 0 Å². The van der Waals surface area contributed by atoms with Gasteiger partial charge < -0.3 is 15.5 Å². The minimum atomic E-state index is 0.535. The molecule has 6 heteroatoms. The Labute approximate surface area is 157 Å². The van der Waals surface area contributed by atoms with Crippen molar-refractivity contribution in [2.75, 3.05) is 39.8 Å². The summed E-state index contributed by atoms with van der Waals surface area (Å²) in [5, 5.41) is 7.40.